The third-order valence-electron chi connectivity index (χ3n) is 3.14. The highest BCUT2D eigenvalue weighted by Gasteiger charge is 2.29. The van der Waals surface area contributed by atoms with Gasteiger partial charge in [0.1, 0.15) is 0 Å². The van der Waals surface area contributed by atoms with E-state index in [4.69, 9.17) is 11.6 Å². The van der Waals surface area contributed by atoms with Crippen molar-refractivity contribution < 1.29 is 4.79 Å². The van der Waals surface area contributed by atoms with Gasteiger partial charge in [0, 0.05) is 27.9 Å². The van der Waals surface area contributed by atoms with Crippen LogP contribution in [0.25, 0.3) is 0 Å². The van der Waals surface area contributed by atoms with Crippen molar-refractivity contribution >= 4 is 23.1 Å². The summed E-state index contributed by atoms with van der Waals surface area (Å²) in [6.45, 7) is 3.98. The van der Waals surface area contributed by atoms with Gasteiger partial charge >= 0.3 is 0 Å². The molecule has 0 spiro atoms. The molecule has 2 rings (SSSR count). The van der Waals surface area contributed by atoms with Gasteiger partial charge in [-0.05, 0) is 37.1 Å². The highest BCUT2D eigenvalue weighted by atomic mass is 35.5. The van der Waals surface area contributed by atoms with Crippen LogP contribution in [0.1, 0.15) is 26.7 Å². The van der Waals surface area contributed by atoms with Crippen LogP contribution in [-0.2, 0) is 4.79 Å². The minimum Gasteiger partial charge on any atom is -0.359 e. The van der Waals surface area contributed by atoms with Crippen LogP contribution in [0.2, 0.25) is 5.02 Å². The molecule has 0 bridgehead atoms. The van der Waals surface area contributed by atoms with E-state index in [1.807, 2.05) is 38.1 Å². The Morgan fingerprint density at radius 3 is 2.47 bits per heavy atom. The Bertz CT molecular complexity index is 460. The van der Waals surface area contributed by atoms with E-state index in [2.05, 4.69) is 5.32 Å². The van der Waals surface area contributed by atoms with Crippen molar-refractivity contribution in [2.24, 2.45) is 5.41 Å². The van der Waals surface area contributed by atoms with E-state index in [0.717, 1.165) is 24.2 Å². The number of anilines is 1. The van der Waals surface area contributed by atoms with E-state index in [9.17, 15) is 4.79 Å². The summed E-state index contributed by atoms with van der Waals surface area (Å²) in [6.07, 6.45) is 3.51. The molecule has 0 aliphatic heterocycles. The molecule has 0 unspecified atom stereocenters. The molecule has 0 radical (unpaired) electrons. The van der Waals surface area contributed by atoms with E-state index in [-0.39, 0.29) is 11.2 Å². The van der Waals surface area contributed by atoms with Gasteiger partial charge in [-0.2, -0.15) is 0 Å². The summed E-state index contributed by atoms with van der Waals surface area (Å²) in [7, 11) is 0. The number of halogens is 1. The Kier molecular flexibility index (Phi) is 3.25. The average molecular weight is 250 g/mol. The molecule has 0 atom stereocenters. The molecule has 3 heteroatoms. The number of allylic oxidation sites excluding steroid dienone is 2. The van der Waals surface area contributed by atoms with Gasteiger partial charge in [-0.15, -0.1) is 0 Å². The average Bonchev–Trinajstić information content (AvgIpc) is 2.27. The number of carbonyl (C=O) groups is 1. The van der Waals surface area contributed by atoms with Crippen molar-refractivity contribution in [3.63, 3.8) is 0 Å². The molecule has 1 aliphatic rings. The quantitative estimate of drug-likeness (QED) is 0.858. The van der Waals surface area contributed by atoms with Gasteiger partial charge in [-0.1, -0.05) is 25.4 Å². The first kappa shape index (κ1) is 12.2. The first-order valence-electron chi connectivity index (χ1n) is 5.75. The number of benzene rings is 1. The van der Waals surface area contributed by atoms with E-state index in [0.29, 0.717) is 5.02 Å². The molecule has 0 aromatic heterocycles. The monoisotopic (exact) mass is 249 g/mol. The third kappa shape index (κ3) is 2.89. The van der Waals surface area contributed by atoms with Crippen molar-refractivity contribution in [2.75, 3.05) is 5.32 Å². The second-order valence-corrected chi connectivity index (χ2v) is 5.49. The fourth-order valence-corrected chi connectivity index (χ4v) is 1.94. The van der Waals surface area contributed by atoms with Crippen LogP contribution in [0.15, 0.2) is 36.0 Å². The lowest BCUT2D eigenvalue weighted by atomic mass is 9.79. The lowest BCUT2D eigenvalue weighted by Gasteiger charge is -2.27. The molecule has 2 nitrogen and oxygen atoms in total. The number of nitrogens with one attached hydrogen (secondary N) is 1. The standard InChI is InChI=1S/C14H16ClNO/c1-14(2)8-7-12(9-13(14)17)16-11-5-3-10(15)4-6-11/h3-6,9,16H,7-8H2,1-2H3. The van der Waals surface area contributed by atoms with Gasteiger partial charge in [-0.25, -0.2) is 0 Å². The summed E-state index contributed by atoms with van der Waals surface area (Å²) in [4.78, 5) is 11.8. The molecule has 90 valence electrons. The Labute approximate surface area is 107 Å². The van der Waals surface area contributed by atoms with Crippen molar-refractivity contribution in [1.82, 2.24) is 0 Å². The molecule has 1 N–H and O–H groups in total. The van der Waals surface area contributed by atoms with Crippen LogP contribution in [0.4, 0.5) is 5.69 Å². The normalized spacial score (nSPS) is 18.8. The zero-order valence-electron chi connectivity index (χ0n) is 10.1. The molecule has 0 saturated carbocycles. The van der Waals surface area contributed by atoms with Crippen LogP contribution in [0.5, 0.6) is 0 Å². The summed E-state index contributed by atoms with van der Waals surface area (Å²) in [6, 6.07) is 7.48. The number of ketones is 1. The first-order valence-corrected chi connectivity index (χ1v) is 6.13. The molecule has 0 heterocycles. The Hall–Kier alpha value is -1.28. The molecule has 0 saturated heterocycles. The van der Waals surface area contributed by atoms with Crippen molar-refractivity contribution in [1.29, 1.82) is 0 Å². The molecule has 1 aliphatic carbocycles. The zero-order chi connectivity index (χ0) is 12.5. The number of rotatable bonds is 2. The topological polar surface area (TPSA) is 29.1 Å². The summed E-state index contributed by atoms with van der Waals surface area (Å²) >= 11 is 5.82. The maximum absolute atomic E-state index is 11.8. The predicted octanol–water partition coefficient (Wildman–Crippen LogP) is 4.02. The largest absolute Gasteiger partial charge is 0.359 e. The van der Waals surface area contributed by atoms with Gasteiger partial charge < -0.3 is 5.32 Å². The van der Waals surface area contributed by atoms with Crippen LogP contribution in [0, 0.1) is 5.41 Å². The molecule has 17 heavy (non-hydrogen) atoms. The zero-order valence-corrected chi connectivity index (χ0v) is 10.8. The van der Waals surface area contributed by atoms with Crippen LogP contribution in [0.3, 0.4) is 0 Å². The van der Waals surface area contributed by atoms with E-state index >= 15 is 0 Å². The van der Waals surface area contributed by atoms with Gasteiger partial charge in [-0.3, -0.25) is 4.79 Å². The third-order valence-corrected chi connectivity index (χ3v) is 3.39. The Morgan fingerprint density at radius 2 is 1.88 bits per heavy atom. The summed E-state index contributed by atoms with van der Waals surface area (Å²) in [5, 5.41) is 3.97. The van der Waals surface area contributed by atoms with Gasteiger partial charge in [0.05, 0.1) is 0 Å². The number of hydrogen-bond acceptors (Lipinski definition) is 2. The molecule has 1 aromatic rings. The maximum Gasteiger partial charge on any atom is 0.163 e. The lowest BCUT2D eigenvalue weighted by Crippen LogP contribution is -2.27. The fraction of sp³-hybridized carbons (Fsp3) is 0.357. The Balaban J connectivity index is 2.11. The molecular weight excluding hydrogens is 234 g/mol. The smallest absolute Gasteiger partial charge is 0.163 e. The van der Waals surface area contributed by atoms with Gasteiger partial charge in [0.15, 0.2) is 5.78 Å². The Morgan fingerprint density at radius 1 is 1.24 bits per heavy atom. The highest BCUT2D eigenvalue weighted by molar-refractivity contribution is 6.30. The molecule has 0 amide bonds. The number of carbonyl (C=O) groups excluding carboxylic acids is 1. The minimum atomic E-state index is -0.217. The maximum atomic E-state index is 11.8. The van der Waals surface area contributed by atoms with E-state index < -0.39 is 0 Å². The fourth-order valence-electron chi connectivity index (χ4n) is 1.81. The highest BCUT2D eigenvalue weighted by Crippen LogP contribution is 2.31. The van der Waals surface area contributed by atoms with Gasteiger partial charge in [0.2, 0.25) is 0 Å². The summed E-state index contributed by atoms with van der Waals surface area (Å²) in [5.74, 6) is 0.195. The molecular formula is C14H16ClNO. The van der Waals surface area contributed by atoms with Crippen LogP contribution < -0.4 is 5.32 Å². The minimum absolute atomic E-state index is 0.195. The SMILES string of the molecule is CC1(C)CCC(Nc2ccc(Cl)cc2)=CC1=O. The second kappa shape index (κ2) is 4.53. The predicted molar refractivity (Wildman–Crippen MR) is 71.2 cm³/mol. The number of hydrogen-bond donors (Lipinski definition) is 1. The van der Waals surface area contributed by atoms with Crippen molar-refractivity contribution in [3.8, 4) is 0 Å². The van der Waals surface area contributed by atoms with E-state index in [1.54, 1.807) is 6.08 Å². The molecule has 1 aromatic carbocycles. The van der Waals surface area contributed by atoms with E-state index in [1.165, 1.54) is 0 Å². The summed E-state index contributed by atoms with van der Waals surface area (Å²) < 4.78 is 0. The van der Waals surface area contributed by atoms with Crippen molar-refractivity contribution in [3.05, 3.63) is 41.1 Å². The molecule has 0 fully saturated rings. The van der Waals surface area contributed by atoms with Crippen LogP contribution in [-0.4, -0.2) is 5.78 Å². The first-order chi connectivity index (χ1) is 7.97. The van der Waals surface area contributed by atoms with Crippen LogP contribution >= 0.6 is 11.6 Å². The lowest BCUT2D eigenvalue weighted by molar-refractivity contribution is -0.123. The van der Waals surface area contributed by atoms with Crippen molar-refractivity contribution in [2.45, 2.75) is 26.7 Å². The summed E-state index contributed by atoms with van der Waals surface area (Å²) in [5.41, 5.74) is 1.73. The second-order valence-electron chi connectivity index (χ2n) is 5.05. The van der Waals surface area contributed by atoms with Gasteiger partial charge in [0.25, 0.3) is 0 Å².